The number of piperidine rings is 1. The number of carbonyl (C=O) groups is 1. The van der Waals surface area contributed by atoms with E-state index in [1.54, 1.807) is 7.05 Å². The summed E-state index contributed by atoms with van der Waals surface area (Å²) in [5.74, 6) is 0.153. The zero-order valence-electron chi connectivity index (χ0n) is 11.8. The SMILES string of the molecule is CC.CC.CNC(=O)CCN1CCCCC1. The van der Waals surface area contributed by atoms with E-state index in [2.05, 4.69) is 10.2 Å². The molecule has 0 radical (unpaired) electrons. The molecule has 0 spiro atoms. The highest BCUT2D eigenvalue weighted by atomic mass is 16.1. The van der Waals surface area contributed by atoms with Crippen LogP contribution in [0.5, 0.6) is 0 Å². The number of nitrogens with one attached hydrogen (secondary N) is 1. The van der Waals surface area contributed by atoms with Crippen LogP contribution in [0.1, 0.15) is 53.4 Å². The monoisotopic (exact) mass is 230 g/mol. The van der Waals surface area contributed by atoms with Gasteiger partial charge >= 0.3 is 0 Å². The van der Waals surface area contributed by atoms with Crippen molar-refractivity contribution >= 4 is 5.91 Å². The predicted molar refractivity (Wildman–Crippen MR) is 71.7 cm³/mol. The van der Waals surface area contributed by atoms with Crippen molar-refractivity contribution in [3.63, 3.8) is 0 Å². The van der Waals surface area contributed by atoms with Gasteiger partial charge in [0.15, 0.2) is 0 Å². The Balaban J connectivity index is 0. The van der Waals surface area contributed by atoms with Crippen molar-refractivity contribution in [1.82, 2.24) is 10.2 Å². The van der Waals surface area contributed by atoms with E-state index in [4.69, 9.17) is 0 Å². The zero-order valence-corrected chi connectivity index (χ0v) is 11.8. The largest absolute Gasteiger partial charge is 0.359 e. The second-order valence-electron chi connectivity index (χ2n) is 3.33. The first-order valence-electron chi connectivity index (χ1n) is 6.76. The summed E-state index contributed by atoms with van der Waals surface area (Å²) < 4.78 is 0. The van der Waals surface area contributed by atoms with Crippen LogP contribution >= 0.6 is 0 Å². The Kier molecular flexibility index (Phi) is 16.1. The zero-order chi connectivity index (χ0) is 12.8. The Morgan fingerprint density at radius 3 is 2.00 bits per heavy atom. The van der Waals surface area contributed by atoms with E-state index < -0.39 is 0 Å². The molecule has 0 atom stereocenters. The summed E-state index contributed by atoms with van der Waals surface area (Å²) in [5.41, 5.74) is 0. The third-order valence-corrected chi connectivity index (χ3v) is 2.38. The quantitative estimate of drug-likeness (QED) is 0.808. The predicted octanol–water partition coefficient (Wildman–Crippen LogP) is 2.66. The molecule has 0 aromatic carbocycles. The molecule has 1 saturated heterocycles. The van der Waals surface area contributed by atoms with Crippen LogP contribution in [-0.4, -0.2) is 37.5 Å². The highest BCUT2D eigenvalue weighted by molar-refractivity contribution is 5.75. The molecule has 1 heterocycles. The van der Waals surface area contributed by atoms with E-state index in [0.29, 0.717) is 6.42 Å². The van der Waals surface area contributed by atoms with Gasteiger partial charge in [0.1, 0.15) is 0 Å². The highest BCUT2D eigenvalue weighted by Crippen LogP contribution is 2.08. The Morgan fingerprint density at radius 2 is 1.56 bits per heavy atom. The normalized spacial score (nSPS) is 15.1. The van der Waals surface area contributed by atoms with Gasteiger partial charge in [0.25, 0.3) is 0 Å². The fraction of sp³-hybridized carbons (Fsp3) is 0.923. The number of likely N-dealkylation sites (tertiary alicyclic amines) is 1. The van der Waals surface area contributed by atoms with Crippen molar-refractivity contribution in [1.29, 1.82) is 0 Å². The molecule has 98 valence electrons. The molecule has 1 fully saturated rings. The molecule has 1 N–H and O–H groups in total. The lowest BCUT2D eigenvalue weighted by molar-refractivity contribution is -0.120. The van der Waals surface area contributed by atoms with Crippen LogP contribution in [0, 0.1) is 0 Å². The maximum absolute atomic E-state index is 10.9. The first-order valence-corrected chi connectivity index (χ1v) is 6.76. The standard InChI is InChI=1S/C9H18N2O.2C2H6/c1-10-9(12)5-8-11-6-3-2-4-7-11;2*1-2/h2-8H2,1H3,(H,10,12);2*1-2H3. The number of hydrogen-bond donors (Lipinski definition) is 1. The van der Waals surface area contributed by atoms with E-state index >= 15 is 0 Å². The summed E-state index contributed by atoms with van der Waals surface area (Å²) in [5, 5.41) is 2.64. The molecule has 0 aromatic rings. The lowest BCUT2D eigenvalue weighted by Crippen LogP contribution is -2.33. The van der Waals surface area contributed by atoms with E-state index in [0.717, 1.165) is 6.54 Å². The van der Waals surface area contributed by atoms with Gasteiger partial charge in [-0.15, -0.1) is 0 Å². The van der Waals surface area contributed by atoms with Crippen LogP contribution in [0.3, 0.4) is 0 Å². The number of hydrogen-bond acceptors (Lipinski definition) is 2. The second kappa shape index (κ2) is 14.4. The van der Waals surface area contributed by atoms with Crippen LogP contribution in [0.25, 0.3) is 0 Å². The molecule has 16 heavy (non-hydrogen) atoms. The number of amides is 1. The molecule has 0 saturated carbocycles. The molecule has 0 bridgehead atoms. The summed E-state index contributed by atoms with van der Waals surface area (Å²) in [7, 11) is 1.69. The maximum atomic E-state index is 10.9. The first-order chi connectivity index (χ1) is 7.83. The Labute approximate surface area is 102 Å². The molecule has 0 aliphatic carbocycles. The van der Waals surface area contributed by atoms with Crippen molar-refractivity contribution in [3.05, 3.63) is 0 Å². The van der Waals surface area contributed by atoms with Gasteiger partial charge in [-0.25, -0.2) is 0 Å². The molecule has 1 aliphatic heterocycles. The number of carbonyl (C=O) groups excluding carboxylic acids is 1. The lowest BCUT2D eigenvalue weighted by atomic mass is 10.1. The maximum Gasteiger partial charge on any atom is 0.221 e. The minimum Gasteiger partial charge on any atom is -0.359 e. The molecule has 3 heteroatoms. The van der Waals surface area contributed by atoms with Crippen molar-refractivity contribution in [2.24, 2.45) is 0 Å². The molecular weight excluding hydrogens is 200 g/mol. The van der Waals surface area contributed by atoms with Crippen LogP contribution < -0.4 is 5.32 Å². The van der Waals surface area contributed by atoms with E-state index in [9.17, 15) is 4.79 Å². The van der Waals surface area contributed by atoms with Gasteiger partial charge in [-0.1, -0.05) is 34.1 Å². The average molecular weight is 230 g/mol. The highest BCUT2D eigenvalue weighted by Gasteiger charge is 2.10. The summed E-state index contributed by atoms with van der Waals surface area (Å²) in [6.45, 7) is 11.3. The van der Waals surface area contributed by atoms with Crippen molar-refractivity contribution < 1.29 is 4.79 Å². The Morgan fingerprint density at radius 1 is 1.06 bits per heavy atom. The third-order valence-electron chi connectivity index (χ3n) is 2.38. The van der Waals surface area contributed by atoms with Gasteiger partial charge in [-0.3, -0.25) is 4.79 Å². The average Bonchev–Trinajstić information content (AvgIpc) is 2.41. The van der Waals surface area contributed by atoms with Gasteiger partial charge in [0.05, 0.1) is 0 Å². The van der Waals surface area contributed by atoms with Gasteiger partial charge in [0.2, 0.25) is 5.91 Å². The third kappa shape index (κ3) is 9.97. The molecule has 0 unspecified atom stereocenters. The number of rotatable bonds is 3. The van der Waals surface area contributed by atoms with Crippen molar-refractivity contribution in [2.75, 3.05) is 26.7 Å². The Bertz CT molecular complexity index is 143. The summed E-state index contributed by atoms with van der Waals surface area (Å²) >= 11 is 0. The van der Waals surface area contributed by atoms with E-state index in [-0.39, 0.29) is 5.91 Å². The smallest absolute Gasteiger partial charge is 0.221 e. The van der Waals surface area contributed by atoms with Gasteiger partial charge in [-0.05, 0) is 25.9 Å². The molecule has 1 aliphatic rings. The van der Waals surface area contributed by atoms with Gasteiger partial charge in [0, 0.05) is 20.0 Å². The molecule has 3 nitrogen and oxygen atoms in total. The molecule has 1 amide bonds. The summed E-state index contributed by atoms with van der Waals surface area (Å²) in [4.78, 5) is 13.3. The lowest BCUT2D eigenvalue weighted by Gasteiger charge is -2.25. The minimum absolute atomic E-state index is 0.153. The van der Waals surface area contributed by atoms with Gasteiger partial charge < -0.3 is 10.2 Å². The van der Waals surface area contributed by atoms with Crippen LogP contribution in [0.4, 0.5) is 0 Å². The number of nitrogens with zero attached hydrogens (tertiary/aromatic N) is 1. The first kappa shape index (κ1) is 17.8. The molecule has 1 rings (SSSR count). The van der Waals surface area contributed by atoms with Crippen LogP contribution in [-0.2, 0) is 4.79 Å². The topological polar surface area (TPSA) is 32.3 Å². The van der Waals surface area contributed by atoms with E-state index in [1.165, 1.54) is 32.4 Å². The minimum atomic E-state index is 0.153. The molecular formula is C13H30N2O. The van der Waals surface area contributed by atoms with Crippen molar-refractivity contribution in [2.45, 2.75) is 53.4 Å². The van der Waals surface area contributed by atoms with Crippen molar-refractivity contribution in [3.8, 4) is 0 Å². The second-order valence-corrected chi connectivity index (χ2v) is 3.33. The van der Waals surface area contributed by atoms with Crippen LogP contribution in [0.15, 0.2) is 0 Å². The van der Waals surface area contributed by atoms with E-state index in [1.807, 2.05) is 27.7 Å². The fourth-order valence-electron chi connectivity index (χ4n) is 1.57. The summed E-state index contributed by atoms with van der Waals surface area (Å²) in [6.07, 6.45) is 4.61. The summed E-state index contributed by atoms with van der Waals surface area (Å²) in [6, 6.07) is 0. The van der Waals surface area contributed by atoms with Gasteiger partial charge in [-0.2, -0.15) is 0 Å². The van der Waals surface area contributed by atoms with Crippen LogP contribution in [0.2, 0.25) is 0 Å². The Hall–Kier alpha value is -0.570. The fourth-order valence-corrected chi connectivity index (χ4v) is 1.57. The molecule has 0 aromatic heterocycles.